The van der Waals surface area contributed by atoms with Crippen molar-refractivity contribution in [3.8, 4) is 0 Å². The highest BCUT2D eigenvalue weighted by atomic mass is 32.1. The first-order valence-electron chi connectivity index (χ1n) is 7.20. The third-order valence-electron chi connectivity index (χ3n) is 3.35. The van der Waals surface area contributed by atoms with Gasteiger partial charge in [-0.25, -0.2) is 4.98 Å². The summed E-state index contributed by atoms with van der Waals surface area (Å²) in [5.41, 5.74) is 1.15. The summed E-state index contributed by atoms with van der Waals surface area (Å²) in [4.78, 5) is 17.1. The Balaban J connectivity index is 1.66. The normalized spacial score (nSPS) is 12.0. The lowest BCUT2D eigenvalue weighted by molar-refractivity contribution is 0.0911. The molecule has 2 aromatic heterocycles. The third kappa shape index (κ3) is 3.85. The number of nitrogens with zero attached hydrogens (tertiary/aromatic N) is 1. The molecule has 0 aliphatic carbocycles. The zero-order chi connectivity index (χ0) is 16.1. The molecule has 0 radical (unpaired) electrons. The second-order valence-corrected chi connectivity index (χ2v) is 6.12. The molecule has 23 heavy (non-hydrogen) atoms. The summed E-state index contributed by atoms with van der Waals surface area (Å²) in [6.07, 6.45) is 3.77. The van der Waals surface area contributed by atoms with Gasteiger partial charge >= 0.3 is 0 Å². The van der Waals surface area contributed by atoms with Crippen LogP contribution in [-0.4, -0.2) is 22.6 Å². The molecule has 1 unspecified atom stereocenters. The number of aliphatic hydroxyl groups excluding tert-OH is 1. The molecule has 0 fully saturated rings. The summed E-state index contributed by atoms with van der Waals surface area (Å²) >= 11 is 1.35. The fraction of sp³-hybridized carbons (Fsp3) is 0.176. The molecule has 0 saturated heterocycles. The Morgan fingerprint density at radius 1 is 1.26 bits per heavy atom. The van der Waals surface area contributed by atoms with E-state index in [0.29, 0.717) is 17.1 Å². The van der Waals surface area contributed by atoms with Gasteiger partial charge < -0.3 is 14.8 Å². The Hall–Kier alpha value is -2.44. The molecule has 3 rings (SSSR count). The van der Waals surface area contributed by atoms with E-state index in [9.17, 15) is 9.90 Å². The van der Waals surface area contributed by atoms with Crippen molar-refractivity contribution >= 4 is 17.2 Å². The van der Waals surface area contributed by atoms with Gasteiger partial charge in [0, 0.05) is 6.42 Å². The minimum atomic E-state index is -0.558. The van der Waals surface area contributed by atoms with Crippen molar-refractivity contribution in [2.45, 2.75) is 12.5 Å². The summed E-state index contributed by atoms with van der Waals surface area (Å²) in [6.45, 7) is -0.227. The topological polar surface area (TPSA) is 75.4 Å². The van der Waals surface area contributed by atoms with Crippen molar-refractivity contribution in [3.63, 3.8) is 0 Å². The molecule has 6 heteroatoms. The number of carbonyl (C=O) groups is 1. The third-order valence-corrected chi connectivity index (χ3v) is 4.35. The molecular formula is C17H16N2O3S. The van der Waals surface area contributed by atoms with Gasteiger partial charge in [-0.05, 0) is 17.7 Å². The number of aromatic nitrogens is 1. The Bertz CT molecular complexity index is 753. The van der Waals surface area contributed by atoms with E-state index in [1.165, 1.54) is 17.6 Å². The number of thiazole rings is 1. The van der Waals surface area contributed by atoms with Gasteiger partial charge in [-0.1, -0.05) is 30.3 Å². The molecule has 0 aliphatic heterocycles. The quantitative estimate of drug-likeness (QED) is 0.729. The second kappa shape index (κ2) is 7.21. The molecule has 0 bridgehead atoms. The molecule has 2 N–H and O–H groups in total. The molecule has 0 saturated carbocycles. The smallest absolute Gasteiger partial charge is 0.263 e. The van der Waals surface area contributed by atoms with Gasteiger partial charge in [0.25, 0.3) is 5.91 Å². The summed E-state index contributed by atoms with van der Waals surface area (Å²) in [6, 6.07) is 12.9. The van der Waals surface area contributed by atoms with E-state index in [4.69, 9.17) is 4.42 Å². The number of rotatable bonds is 6. The van der Waals surface area contributed by atoms with Gasteiger partial charge in [-0.3, -0.25) is 4.79 Å². The Morgan fingerprint density at radius 2 is 2.09 bits per heavy atom. The molecule has 1 amide bonds. The first-order chi connectivity index (χ1) is 11.3. The van der Waals surface area contributed by atoms with Crippen LogP contribution in [-0.2, 0) is 6.42 Å². The van der Waals surface area contributed by atoms with E-state index in [2.05, 4.69) is 10.3 Å². The van der Waals surface area contributed by atoms with Gasteiger partial charge in [-0.15, -0.1) is 11.3 Å². The van der Waals surface area contributed by atoms with Crippen molar-refractivity contribution in [2.24, 2.45) is 0 Å². The zero-order valence-corrected chi connectivity index (χ0v) is 13.1. The first kappa shape index (κ1) is 15.5. The van der Waals surface area contributed by atoms with E-state index >= 15 is 0 Å². The van der Waals surface area contributed by atoms with E-state index in [0.717, 1.165) is 10.6 Å². The Labute approximate surface area is 137 Å². The number of nitrogens with one attached hydrogen (secondary N) is 1. The second-order valence-electron chi connectivity index (χ2n) is 5.00. The number of amides is 1. The molecule has 5 nitrogen and oxygen atoms in total. The van der Waals surface area contributed by atoms with Crippen molar-refractivity contribution < 1.29 is 14.3 Å². The predicted molar refractivity (Wildman–Crippen MR) is 87.4 cm³/mol. The summed E-state index contributed by atoms with van der Waals surface area (Å²) in [7, 11) is 0. The van der Waals surface area contributed by atoms with Gasteiger partial charge in [0.1, 0.15) is 16.7 Å². The molecular weight excluding hydrogens is 312 g/mol. The maximum absolute atomic E-state index is 12.3. The van der Waals surface area contributed by atoms with Crippen molar-refractivity contribution in [3.05, 3.63) is 76.1 Å². The van der Waals surface area contributed by atoms with Crippen LogP contribution in [0.5, 0.6) is 0 Å². The van der Waals surface area contributed by atoms with Crippen LogP contribution in [0.2, 0.25) is 0 Å². The van der Waals surface area contributed by atoms with E-state index < -0.39 is 6.04 Å². The molecule has 0 aliphatic rings. The molecule has 118 valence electrons. The lowest BCUT2D eigenvalue weighted by Gasteiger charge is -2.12. The summed E-state index contributed by atoms with van der Waals surface area (Å²) in [5, 5.41) is 13.0. The molecule has 2 heterocycles. The highest BCUT2D eigenvalue weighted by molar-refractivity contribution is 7.13. The number of aliphatic hydroxyl groups is 1. The van der Waals surface area contributed by atoms with Crippen LogP contribution in [0, 0.1) is 0 Å². The van der Waals surface area contributed by atoms with Gasteiger partial charge in [-0.2, -0.15) is 0 Å². The van der Waals surface area contributed by atoms with Crippen LogP contribution in [0.4, 0.5) is 0 Å². The van der Waals surface area contributed by atoms with Gasteiger partial charge in [0.15, 0.2) is 0 Å². The van der Waals surface area contributed by atoms with E-state index in [-0.39, 0.29) is 12.5 Å². The van der Waals surface area contributed by atoms with E-state index in [1.807, 2.05) is 30.3 Å². The molecule has 0 spiro atoms. The summed E-state index contributed by atoms with van der Waals surface area (Å²) in [5.74, 6) is 0.257. The average Bonchev–Trinajstić information content (AvgIpc) is 3.25. The van der Waals surface area contributed by atoms with Crippen molar-refractivity contribution in [1.29, 1.82) is 0 Å². The fourth-order valence-corrected chi connectivity index (χ4v) is 3.05. The minimum Gasteiger partial charge on any atom is -0.467 e. The molecule has 1 aromatic carbocycles. The maximum atomic E-state index is 12.3. The number of carbonyl (C=O) groups excluding carboxylic acids is 1. The molecule has 1 atom stereocenters. The minimum absolute atomic E-state index is 0.227. The zero-order valence-electron chi connectivity index (χ0n) is 12.3. The number of hydrogen-bond acceptors (Lipinski definition) is 5. The Morgan fingerprint density at radius 3 is 2.78 bits per heavy atom. The highest BCUT2D eigenvalue weighted by Crippen LogP contribution is 2.19. The van der Waals surface area contributed by atoms with E-state index in [1.54, 1.807) is 18.3 Å². The average molecular weight is 328 g/mol. The van der Waals surface area contributed by atoms with Crippen molar-refractivity contribution in [2.75, 3.05) is 6.61 Å². The monoisotopic (exact) mass is 328 g/mol. The van der Waals surface area contributed by atoms with Crippen LogP contribution in [0.1, 0.15) is 32.0 Å². The number of benzene rings is 1. The molecule has 3 aromatic rings. The summed E-state index contributed by atoms with van der Waals surface area (Å²) < 4.78 is 5.22. The Kier molecular flexibility index (Phi) is 4.85. The standard InChI is InChI=1S/C17H16N2O3S/c20-11-13(14-7-4-8-22-14)19-17(21)15-10-18-16(23-15)9-12-5-2-1-3-6-12/h1-8,10,13,20H,9,11H2,(H,19,21). The first-order valence-corrected chi connectivity index (χ1v) is 8.01. The lowest BCUT2D eigenvalue weighted by Crippen LogP contribution is -2.29. The van der Waals surface area contributed by atoms with Crippen molar-refractivity contribution in [1.82, 2.24) is 10.3 Å². The number of furan rings is 1. The lowest BCUT2D eigenvalue weighted by atomic mass is 10.2. The van der Waals surface area contributed by atoms with Crippen LogP contribution in [0.15, 0.2) is 59.3 Å². The number of hydrogen-bond donors (Lipinski definition) is 2. The highest BCUT2D eigenvalue weighted by Gasteiger charge is 2.19. The van der Waals surface area contributed by atoms with Crippen LogP contribution in [0.3, 0.4) is 0 Å². The predicted octanol–water partition coefficient (Wildman–Crippen LogP) is 2.79. The van der Waals surface area contributed by atoms with Crippen LogP contribution in [0.25, 0.3) is 0 Å². The van der Waals surface area contributed by atoms with Crippen LogP contribution >= 0.6 is 11.3 Å². The SMILES string of the molecule is O=C(NC(CO)c1ccco1)c1cnc(Cc2ccccc2)s1. The van der Waals surface area contributed by atoms with Crippen LogP contribution < -0.4 is 5.32 Å². The van der Waals surface area contributed by atoms with Gasteiger partial charge in [0.05, 0.1) is 24.1 Å². The van der Waals surface area contributed by atoms with Gasteiger partial charge in [0.2, 0.25) is 0 Å². The maximum Gasteiger partial charge on any atom is 0.263 e. The fourth-order valence-electron chi connectivity index (χ4n) is 2.19. The largest absolute Gasteiger partial charge is 0.467 e.